The van der Waals surface area contributed by atoms with Crippen LogP contribution in [0.4, 0.5) is 0 Å². The van der Waals surface area contributed by atoms with E-state index in [4.69, 9.17) is 16.3 Å². The summed E-state index contributed by atoms with van der Waals surface area (Å²) in [5.74, 6) is 0.0718. The van der Waals surface area contributed by atoms with Crippen molar-refractivity contribution in [2.24, 2.45) is 0 Å². The van der Waals surface area contributed by atoms with Gasteiger partial charge < -0.3 is 14.6 Å². The highest BCUT2D eigenvalue weighted by molar-refractivity contribution is 6.31. The van der Waals surface area contributed by atoms with Gasteiger partial charge in [-0.05, 0) is 37.5 Å². The average molecular weight is 305 g/mol. The number of rotatable bonds is 1. The van der Waals surface area contributed by atoms with Crippen LogP contribution >= 0.6 is 11.6 Å². The van der Waals surface area contributed by atoms with E-state index < -0.39 is 0 Å². The van der Waals surface area contributed by atoms with Crippen LogP contribution < -0.4 is 0 Å². The van der Waals surface area contributed by atoms with Gasteiger partial charge in [0.25, 0.3) is 5.91 Å². The van der Waals surface area contributed by atoms with Gasteiger partial charge in [-0.15, -0.1) is 0 Å². The van der Waals surface area contributed by atoms with Crippen molar-refractivity contribution in [2.75, 3.05) is 13.2 Å². The predicted molar refractivity (Wildman–Crippen MR) is 81.7 cm³/mol. The van der Waals surface area contributed by atoms with E-state index in [0.717, 1.165) is 30.2 Å². The molecule has 4 rings (SSSR count). The Morgan fingerprint density at radius 1 is 1.33 bits per heavy atom. The van der Waals surface area contributed by atoms with Crippen molar-refractivity contribution in [1.82, 2.24) is 9.88 Å². The number of benzene rings is 1. The van der Waals surface area contributed by atoms with Crippen molar-refractivity contribution in [3.63, 3.8) is 0 Å². The number of hydrogen-bond donors (Lipinski definition) is 1. The third-order valence-electron chi connectivity index (χ3n) is 4.56. The molecule has 1 saturated carbocycles. The summed E-state index contributed by atoms with van der Waals surface area (Å²) in [6.45, 7) is 1.31. The van der Waals surface area contributed by atoms with Crippen LogP contribution in [-0.2, 0) is 4.74 Å². The van der Waals surface area contributed by atoms with Gasteiger partial charge in [0.05, 0.1) is 18.8 Å². The molecule has 1 saturated heterocycles. The molecule has 21 heavy (non-hydrogen) atoms. The molecule has 110 valence electrons. The van der Waals surface area contributed by atoms with Crippen LogP contribution in [0.3, 0.4) is 0 Å². The standard InChI is InChI=1S/C16H17ClN2O2/c17-11-5-4-10-8-13(18-12(10)9-11)16(20)19-6-7-21-15-3-1-2-14(15)19/h4-5,8-9,14-15,18H,1-3,6-7H2/t14-,15-/m1/s1. The SMILES string of the molecule is O=C(c1cc2ccc(Cl)cc2[nH]1)N1CCO[C@@H]2CCC[C@H]21. The number of nitrogens with zero attached hydrogens (tertiary/aromatic N) is 1. The molecule has 1 aromatic carbocycles. The minimum Gasteiger partial charge on any atom is -0.374 e. The first-order chi connectivity index (χ1) is 10.2. The molecule has 2 aromatic rings. The van der Waals surface area contributed by atoms with Gasteiger partial charge in [-0.2, -0.15) is 0 Å². The molecule has 1 N–H and O–H groups in total. The van der Waals surface area contributed by atoms with Gasteiger partial charge in [0.1, 0.15) is 5.69 Å². The van der Waals surface area contributed by atoms with Crippen LogP contribution in [0, 0.1) is 0 Å². The van der Waals surface area contributed by atoms with Crippen LogP contribution in [-0.4, -0.2) is 41.1 Å². The number of hydrogen-bond acceptors (Lipinski definition) is 2. The second kappa shape index (κ2) is 5.04. The Hall–Kier alpha value is -1.52. The molecule has 0 radical (unpaired) electrons. The number of H-pyrrole nitrogens is 1. The minimum absolute atomic E-state index is 0.0718. The summed E-state index contributed by atoms with van der Waals surface area (Å²) in [5.41, 5.74) is 1.54. The Labute approximate surface area is 128 Å². The molecule has 1 aliphatic carbocycles. The summed E-state index contributed by atoms with van der Waals surface area (Å²) in [6.07, 6.45) is 3.47. The van der Waals surface area contributed by atoms with Gasteiger partial charge in [-0.1, -0.05) is 17.7 Å². The van der Waals surface area contributed by atoms with Gasteiger partial charge >= 0.3 is 0 Å². The number of fused-ring (bicyclic) bond motifs is 2. The molecule has 0 unspecified atom stereocenters. The summed E-state index contributed by atoms with van der Waals surface area (Å²) in [5, 5.41) is 1.68. The Morgan fingerprint density at radius 3 is 3.14 bits per heavy atom. The largest absolute Gasteiger partial charge is 0.374 e. The second-order valence-corrected chi connectivity index (χ2v) is 6.26. The van der Waals surface area contributed by atoms with Crippen molar-refractivity contribution in [2.45, 2.75) is 31.4 Å². The molecular formula is C16H17ClN2O2. The van der Waals surface area contributed by atoms with E-state index in [1.807, 2.05) is 29.2 Å². The fourth-order valence-electron chi connectivity index (χ4n) is 3.55. The molecule has 1 aromatic heterocycles. The Bertz CT molecular complexity index is 697. The quantitative estimate of drug-likeness (QED) is 0.879. The molecular weight excluding hydrogens is 288 g/mol. The zero-order chi connectivity index (χ0) is 14.4. The number of morpholine rings is 1. The van der Waals surface area contributed by atoms with Gasteiger partial charge in [0.2, 0.25) is 0 Å². The number of ether oxygens (including phenoxy) is 1. The lowest BCUT2D eigenvalue weighted by Crippen LogP contribution is -2.51. The van der Waals surface area contributed by atoms with E-state index in [-0.39, 0.29) is 18.1 Å². The molecule has 0 spiro atoms. The molecule has 1 aliphatic heterocycles. The molecule has 4 nitrogen and oxygen atoms in total. The summed E-state index contributed by atoms with van der Waals surface area (Å²) in [4.78, 5) is 18.0. The Balaban J connectivity index is 1.66. The van der Waals surface area contributed by atoms with Crippen LogP contribution in [0.15, 0.2) is 24.3 Å². The van der Waals surface area contributed by atoms with Crippen molar-refractivity contribution < 1.29 is 9.53 Å². The second-order valence-electron chi connectivity index (χ2n) is 5.82. The maximum atomic E-state index is 12.8. The van der Waals surface area contributed by atoms with E-state index in [1.54, 1.807) is 0 Å². The summed E-state index contributed by atoms with van der Waals surface area (Å²) < 4.78 is 5.77. The smallest absolute Gasteiger partial charge is 0.270 e. The van der Waals surface area contributed by atoms with Gasteiger partial charge in [0.15, 0.2) is 0 Å². The average Bonchev–Trinajstić information content (AvgIpc) is 3.11. The normalized spacial score (nSPS) is 25.3. The molecule has 1 amide bonds. The van der Waals surface area contributed by atoms with Crippen molar-refractivity contribution >= 4 is 28.4 Å². The maximum Gasteiger partial charge on any atom is 0.270 e. The first-order valence-electron chi connectivity index (χ1n) is 7.43. The van der Waals surface area contributed by atoms with E-state index >= 15 is 0 Å². The number of nitrogens with one attached hydrogen (secondary N) is 1. The molecule has 5 heteroatoms. The van der Waals surface area contributed by atoms with E-state index in [9.17, 15) is 4.79 Å². The van der Waals surface area contributed by atoms with Gasteiger partial charge in [0, 0.05) is 22.5 Å². The maximum absolute atomic E-state index is 12.8. The summed E-state index contributed by atoms with van der Waals surface area (Å²) in [7, 11) is 0. The number of carbonyl (C=O) groups is 1. The van der Waals surface area contributed by atoms with Gasteiger partial charge in [-0.25, -0.2) is 0 Å². The summed E-state index contributed by atoms with van der Waals surface area (Å²) >= 11 is 6.00. The highest BCUT2D eigenvalue weighted by Gasteiger charge is 2.38. The minimum atomic E-state index is 0.0718. The first-order valence-corrected chi connectivity index (χ1v) is 7.81. The number of aromatic amines is 1. The lowest BCUT2D eigenvalue weighted by molar-refractivity contribution is -0.0446. The van der Waals surface area contributed by atoms with E-state index in [1.165, 1.54) is 0 Å². The third-order valence-corrected chi connectivity index (χ3v) is 4.79. The summed E-state index contributed by atoms with van der Waals surface area (Å²) in [6, 6.07) is 7.77. The number of carbonyl (C=O) groups excluding carboxylic acids is 1. The molecule has 2 aliphatic rings. The topological polar surface area (TPSA) is 45.3 Å². The van der Waals surface area contributed by atoms with Crippen molar-refractivity contribution in [1.29, 1.82) is 0 Å². The fourth-order valence-corrected chi connectivity index (χ4v) is 3.72. The molecule has 2 fully saturated rings. The highest BCUT2D eigenvalue weighted by atomic mass is 35.5. The molecule has 0 bridgehead atoms. The number of halogens is 1. The van der Waals surface area contributed by atoms with Crippen LogP contribution in [0.5, 0.6) is 0 Å². The van der Waals surface area contributed by atoms with Crippen molar-refractivity contribution in [3.05, 3.63) is 35.0 Å². The number of amides is 1. The molecule has 2 atom stereocenters. The number of aromatic nitrogens is 1. The lowest BCUT2D eigenvalue weighted by Gasteiger charge is -2.37. The monoisotopic (exact) mass is 304 g/mol. The third kappa shape index (κ3) is 2.23. The Kier molecular flexibility index (Phi) is 3.16. The predicted octanol–water partition coefficient (Wildman–Crippen LogP) is 3.21. The van der Waals surface area contributed by atoms with Crippen LogP contribution in [0.2, 0.25) is 5.02 Å². The van der Waals surface area contributed by atoms with Crippen LogP contribution in [0.1, 0.15) is 29.8 Å². The van der Waals surface area contributed by atoms with E-state index in [2.05, 4.69) is 4.98 Å². The molecule has 2 heterocycles. The van der Waals surface area contributed by atoms with Crippen LogP contribution in [0.25, 0.3) is 10.9 Å². The zero-order valence-electron chi connectivity index (χ0n) is 11.6. The Morgan fingerprint density at radius 2 is 2.24 bits per heavy atom. The van der Waals surface area contributed by atoms with Gasteiger partial charge in [-0.3, -0.25) is 4.79 Å². The van der Waals surface area contributed by atoms with Crippen molar-refractivity contribution in [3.8, 4) is 0 Å². The van der Waals surface area contributed by atoms with E-state index in [0.29, 0.717) is 23.9 Å². The first kappa shape index (κ1) is 13.2. The highest BCUT2D eigenvalue weighted by Crippen LogP contribution is 2.31. The zero-order valence-corrected chi connectivity index (χ0v) is 12.4. The fraction of sp³-hybridized carbons (Fsp3) is 0.438. The lowest BCUT2D eigenvalue weighted by atomic mass is 10.1.